The molecular weight excluding hydrogens is 236 g/mol. The second-order valence-electron chi connectivity index (χ2n) is 4.74. The van der Waals surface area contributed by atoms with Gasteiger partial charge in [0.2, 0.25) is 5.91 Å². The van der Waals surface area contributed by atoms with Crippen molar-refractivity contribution < 1.29 is 9.59 Å². The highest BCUT2D eigenvalue weighted by molar-refractivity contribution is 7.81. The van der Waals surface area contributed by atoms with Crippen molar-refractivity contribution in [1.82, 2.24) is 5.32 Å². The third-order valence-electron chi connectivity index (χ3n) is 2.76. The minimum Gasteiger partial charge on any atom is -0.369 e. The van der Waals surface area contributed by atoms with Crippen LogP contribution in [0.15, 0.2) is 0 Å². The maximum absolute atomic E-state index is 12.1. The Kier molecular flexibility index (Phi) is 7.46. The topological polar surface area (TPSA) is 72.2 Å². The van der Waals surface area contributed by atoms with Crippen LogP contribution < -0.4 is 11.1 Å². The molecule has 0 aromatic rings. The largest absolute Gasteiger partial charge is 0.369 e. The number of hydrogen-bond donors (Lipinski definition) is 3. The molecule has 0 rings (SSSR count). The monoisotopic (exact) mass is 260 g/mol. The quantitative estimate of drug-likeness (QED) is 0.573. The van der Waals surface area contributed by atoms with E-state index in [2.05, 4.69) is 17.9 Å². The van der Waals surface area contributed by atoms with Crippen LogP contribution in [0.1, 0.15) is 40.5 Å². The summed E-state index contributed by atoms with van der Waals surface area (Å²) in [6, 6.07) is -0.165. The summed E-state index contributed by atoms with van der Waals surface area (Å²) in [4.78, 5) is 23.1. The number of Topliss-reactive ketones (excluding diaryl/α,β-unsaturated/α-hetero) is 1. The number of hydrogen-bond acceptors (Lipinski definition) is 4. The van der Waals surface area contributed by atoms with Crippen molar-refractivity contribution in [1.29, 1.82) is 0 Å². The van der Waals surface area contributed by atoms with Gasteiger partial charge in [-0.1, -0.05) is 27.7 Å². The molecule has 3 unspecified atom stereocenters. The van der Waals surface area contributed by atoms with Gasteiger partial charge in [-0.25, -0.2) is 0 Å². The molecule has 0 fully saturated rings. The van der Waals surface area contributed by atoms with Crippen LogP contribution in [-0.4, -0.2) is 29.0 Å². The Morgan fingerprint density at radius 3 is 2.18 bits per heavy atom. The zero-order chi connectivity index (χ0) is 13.6. The van der Waals surface area contributed by atoms with Crippen LogP contribution in [0.3, 0.4) is 0 Å². The summed E-state index contributed by atoms with van der Waals surface area (Å²) in [6.07, 6.45) is 1.14. The van der Waals surface area contributed by atoms with E-state index in [-0.39, 0.29) is 23.8 Å². The predicted octanol–water partition coefficient (Wildman–Crippen LogP) is 1.14. The molecule has 0 aromatic carbocycles. The zero-order valence-corrected chi connectivity index (χ0v) is 12.0. The first-order valence-electron chi connectivity index (χ1n) is 6.06. The average molecular weight is 260 g/mol. The molecule has 3 N–H and O–H groups in total. The van der Waals surface area contributed by atoms with Gasteiger partial charge >= 0.3 is 0 Å². The number of primary amides is 1. The van der Waals surface area contributed by atoms with E-state index in [1.807, 2.05) is 27.7 Å². The van der Waals surface area contributed by atoms with E-state index in [1.54, 1.807) is 0 Å². The van der Waals surface area contributed by atoms with Gasteiger partial charge in [0.1, 0.15) is 0 Å². The van der Waals surface area contributed by atoms with Crippen molar-refractivity contribution in [3.05, 3.63) is 0 Å². The lowest BCUT2D eigenvalue weighted by Gasteiger charge is -2.24. The number of thiol groups is 1. The third kappa shape index (κ3) is 6.07. The highest BCUT2D eigenvalue weighted by atomic mass is 32.1. The van der Waals surface area contributed by atoms with E-state index < -0.39 is 11.2 Å². The lowest BCUT2D eigenvalue weighted by Crippen LogP contribution is -2.46. The molecule has 3 atom stereocenters. The fourth-order valence-corrected chi connectivity index (χ4v) is 1.76. The lowest BCUT2D eigenvalue weighted by atomic mass is 9.94. The number of rotatable bonds is 8. The molecule has 0 aliphatic heterocycles. The van der Waals surface area contributed by atoms with Crippen LogP contribution in [0.4, 0.5) is 0 Å². The summed E-state index contributed by atoms with van der Waals surface area (Å²) in [7, 11) is 0. The number of carbonyl (C=O) groups is 2. The van der Waals surface area contributed by atoms with Gasteiger partial charge in [-0.3, -0.25) is 9.59 Å². The molecule has 100 valence electrons. The molecule has 0 aliphatic rings. The van der Waals surface area contributed by atoms with Crippen LogP contribution >= 0.6 is 12.6 Å². The van der Waals surface area contributed by atoms with E-state index in [0.29, 0.717) is 6.42 Å². The average Bonchev–Trinajstić information content (AvgIpc) is 2.25. The second kappa shape index (κ2) is 7.71. The Bertz CT molecular complexity index is 269. The molecule has 0 aliphatic carbocycles. The van der Waals surface area contributed by atoms with Crippen LogP contribution in [0.2, 0.25) is 0 Å². The Morgan fingerprint density at radius 1 is 1.29 bits per heavy atom. The Hall–Kier alpha value is -0.550. The van der Waals surface area contributed by atoms with Crippen molar-refractivity contribution in [3.63, 3.8) is 0 Å². The normalized spacial score (nSPS) is 16.6. The van der Waals surface area contributed by atoms with Gasteiger partial charge in [-0.05, 0) is 12.8 Å². The summed E-state index contributed by atoms with van der Waals surface area (Å²) in [6.45, 7) is 7.81. The standard InChI is InChI=1S/C12H24N2O2S/c1-5-8(4)11(15)9(14-7(2)3)6-10(17)12(13)16/h7-10,14,17H,5-6H2,1-4H3,(H2,13,16). The minimum absolute atomic E-state index is 0.0142. The number of carbonyl (C=O) groups excluding carboxylic acids is 2. The Labute approximate surface area is 109 Å². The van der Waals surface area contributed by atoms with Gasteiger partial charge in [0, 0.05) is 12.0 Å². The maximum atomic E-state index is 12.1. The highest BCUT2D eigenvalue weighted by Gasteiger charge is 2.26. The van der Waals surface area contributed by atoms with Crippen molar-refractivity contribution in [2.45, 2.75) is 57.9 Å². The molecule has 17 heavy (non-hydrogen) atoms. The van der Waals surface area contributed by atoms with E-state index in [9.17, 15) is 9.59 Å². The molecule has 4 nitrogen and oxygen atoms in total. The summed E-state index contributed by atoms with van der Waals surface area (Å²) in [5.41, 5.74) is 5.17. The molecule has 0 saturated carbocycles. The molecule has 0 heterocycles. The van der Waals surface area contributed by atoms with E-state index in [1.165, 1.54) is 0 Å². The van der Waals surface area contributed by atoms with Crippen molar-refractivity contribution in [2.24, 2.45) is 11.7 Å². The van der Waals surface area contributed by atoms with Crippen molar-refractivity contribution >= 4 is 24.3 Å². The third-order valence-corrected chi connectivity index (χ3v) is 3.23. The number of nitrogens with one attached hydrogen (secondary N) is 1. The smallest absolute Gasteiger partial charge is 0.230 e. The number of nitrogens with two attached hydrogens (primary N) is 1. The molecule has 0 radical (unpaired) electrons. The molecule has 0 aromatic heterocycles. The predicted molar refractivity (Wildman–Crippen MR) is 73.1 cm³/mol. The first kappa shape index (κ1) is 16.4. The van der Waals surface area contributed by atoms with Crippen LogP contribution in [0, 0.1) is 5.92 Å². The summed E-state index contributed by atoms with van der Waals surface area (Å²) in [5.74, 6) is -0.373. The molecule has 0 bridgehead atoms. The second-order valence-corrected chi connectivity index (χ2v) is 5.36. The summed E-state index contributed by atoms with van der Waals surface area (Å²) in [5, 5.41) is 2.59. The highest BCUT2D eigenvalue weighted by Crippen LogP contribution is 2.13. The summed E-state index contributed by atoms with van der Waals surface area (Å²) >= 11 is 4.11. The van der Waals surface area contributed by atoms with E-state index in [0.717, 1.165) is 6.42 Å². The maximum Gasteiger partial charge on any atom is 0.230 e. The van der Waals surface area contributed by atoms with Gasteiger partial charge in [0.15, 0.2) is 5.78 Å². The SMILES string of the molecule is CCC(C)C(=O)C(CC(S)C(N)=O)NC(C)C. The molecular formula is C12H24N2O2S. The Balaban J connectivity index is 4.64. The van der Waals surface area contributed by atoms with Crippen LogP contribution in [0.25, 0.3) is 0 Å². The van der Waals surface area contributed by atoms with Gasteiger partial charge in [-0.15, -0.1) is 0 Å². The van der Waals surface area contributed by atoms with Gasteiger partial charge in [0.25, 0.3) is 0 Å². The zero-order valence-electron chi connectivity index (χ0n) is 11.1. The van der Waals surface area contributed by atoms with E-state index in [4.69, 9.17) is 5.73 Å². The van der Waals surface area contributed by atoms with Crippen molar-refractivity contribution in [3.8, 4) is 0 Å². The number of amides is 1. The summed E-state index contributed by atoms with van der Waals surface area (Å²) < 4.78 is 0. The Morgan fingerprint density at radius 2 is 1.82 bits per heavy atom. The molecule has 5 heteroatoms. The van der Waals surface area contributed by atoms with Crippen molar-refractivity contribution in [2.75, 3.05) is 0 Å². The van der Waals surface area contributed by atoms with Crippen LogP contribution in [0.5, 0.6) is 0 Å². The fourth-order valence-electron chi connectivity index (χ4n) is 1.55. The van der Waals surface area contributed by atoms with Gasteiger partial charge in [0.05, 0.1) is 11.3 Å². The minimum atomic E-state index is -0.584. The molecule has 0 spiro atoms. The molecule has 1 amide bonds. The van der Waals surface area contributed by atoms with Gasteiger partial charge < -0.3 is 11.1 Å². The first-order chi connectivity index (χ1) is 7.79. The van der Waals surface area contributed by atoms with E-state index >= 15 is 0 Å². The molecule has 0 saturated heterocycles. The first-order valence-corrected chi connectivity index (χ1v) is 6.58. The lowest BCUT2D eigenvalue weighted by molar-refractivity contribution is -0.125. The van der Waals surface area contributed by atoms with Crippen LogP contribution in [-0.2, 0) is 9.59 Å². The van der Waals surface area contributed by atoms with Gasteiger partial charge in [-0.2, -0.15) is 12.6 Å². The fraction of sp³-hybridized carbons (Fsp3) is 0.833. The number of ketones is 1.